The molecule has 1 aliphatic heterocycles. The number of amides is 1. The second-order valence-electron chi connectivity index (χ2n) is 7.45. The Bertz CT molecular complexity index is 1020. The number of ether oxygens (including phenoxy) is 1. The summed E-state index contributed by atoms with van der Waals surface area (Å²) in [6, 6.07) is 11.1. The molecule has 28 heavy (non-hydrogen) atoms. The summed E-state index contributed by atoms with van der Waals surface area (Å²) in [5.74, 6) is 0.0480. The van der Waals surface area contributed by atoms with Gasteiger partial charge in [-0.25, -0.2) is 8.42 Å². The summed E-state index contributed by atoms with van der Waals surface area (Å²) < 4.78 is 31.6. The van der Waals surface area contributed by atoms with Gasteiger partial charge in [-0.05, 0) is 62.1 Å². The van der Waals surface area contributed by atoms with E-state index >= 15 is 0 Å². The fourth-order valence-electron chi connectivity index (χ4n) is 3.24. The van der Waals surface area contributed by atoms with Crippen molar-refractivity contribution >= 4 is 21.6 Å². The first kappa shape index (κ1) is 20.2. The van der Waals surface area contributed by atoms with Crippen LogP contribution >= 0.6 is 0 Å². The minimum atomic E-state index is -3.54. The van der Waals surface area contributed by atoms with E-state index in [1.165, 1.54) is 9.87 Å². The van der Waals surface area contributed by atoms with Crippen LogP contribution in [0.2, 0.25) is 0 Å². The van der Waals surface area contributed by atoms with Gasteiger partial charge in [0.05, 0.1) is 24.5 Å². The van der Waals surface area contributed by atoms with Gasteiger partial charge in [-0.15, -0.1) is 0 Å². The molecule has 150 valence electrons. The molecule has 1 amide bonds. The fraction of sp³-hybridized carbons (Fsp3) is 0.381. The standard InChI is InChI=1S/C21H26N2O4S/c1-13-6-9-19-18(10-13)23(28(5,25)26)12-20(27-19)21(24)22-16(4)17-8-7-14(2)15(3)11-17/h6-11,16,20H,12H2,1-5H3,(H,22,24)/t16-,20+/m1/s1. The third-order valence-electron chi connectivity index (χ3n) is 5.07. The highest BCUT2D eigenvalue weighted by molar-refractivity contribution is 7.92. The molecule has 1 N–H and O–H groups in total. The molecule has 2 atom stereocenters. The molecule has 2 aromatic rings. The number of rotatable bonds is 4. The molecule has 3 rings (SSSR count). The zero-order chi connectivity index (χ0) is 20.6. The van der Waals surface area contributed by atoms with E-state index in [0.717, 1.165) is 22.9 Å². The third-order valence-corrected chi connectivity index (χ3v) is 6.21. The van der Waals surface area contributed by atoms with Crippen LogP contribution < -0.4 is 14.4 Å². The first-order valence-electron chi connectivity index (χ1n) is 9.19. The van der Waals surface area contributed by atoms with Gasteiger partial charge >= 0.3 is 0 Å². The number of hydrogen-bond donors (Lipinski definition) is 1. The number of nitrogens with zero attached hydrogens (tertiary/aromatic N) is 1. The van der Waals surface area contributed by atoms with E-state index in [4.69, 9.17) is 4.74 Å². The first-order chi connectivity index (χ1) is 13.1. The summed E-state index contributed by atoms with van der Waals surface area (Å²) in [5.41, 5.74) is 4.72. The highest BCUT2D eigenvalue weighted by Gasteiger charge is 2.35. The maximum Gasteiger partial charge on any atom is 0.263 e. The second-order valence-corrected chi connectivity index (χ2v) is 9.35. The lowest BCUT2D eigenvalue weighted by Crippen LogP contribution is -2.50. The molecular weight excluding hydrogens is 376 g/mol. The molecule has 0 unspecified atom stereocenters. The Kier molecular flexibility index (Phi) is 5.39. The Morgan fingerprint density at radius 1 is 1.14 bits per heavy atom. The zero-order valence-electron chi connectivity index (χ0n) is 16.8. The number of sulfonamides is 1. The lowest BCUT2D eigenvalue weighted by molar-refractivity contribution is -0.128. The van der Waals surface area contributed by atoms with E-state index in [0.29, 0.717) is 11.4 Å². The van der Waals surface area contributed by atoms with E-state index < -0.39 is 16.1 Å². The SMILES string of the molecule is Cc1ccc2c(c1)N(S(C)(=O)=O)C[C@@H](C(=O)N[C@H](C)c1ccc(C)c(C)c1)O2. The van der Waals surface area contributed by atoms with Crippen LogP contribution in [0.4, 0.5) is 5.69 Å². The molecule has 0 bridgehead atoms. The molecule has 0 saturated heterocycles. The average molecular weight is 403 g/mol. The Morgan fingerprint density at radius 2 is 1.86 bits per heavy atom. The molecule has 6 nitrogen and oxygen atoms in total. The monoisotopic (exact) mass is 402 g/mol. The van der Waals surface area contributed by atoms with Crippen LogP contribution in [-0.4, -0.2) is 33.2 Å². The lowest BCUT2D eigenvalue weighted by atomic mass is 10.0. The maximum atomic E-state index is 12.8. The summed E-state index contributed by atoms with van der Waals surface area (Å²) in [6.07, 6.45) is 0.218. The summed E-state index contributed by atoms with van der Waals surface area (Å²) in [7, 11) is -3.54. The molecule has 7 heteroatoms. The number of benzene rings is 2. The quantitative estimate of drug-likeness (QED) is 0.853. The van der Waals surface area contributed by atoms with Gasteiger partial charge in [-0.2, -0.15) is 0 Å². The zero-order valence-corrected chi connectivity index (χ0v) is 17.6. The van der Waals surface area contributed by atoms with Crippen molar-refractivity contribution in [1.29, 1.82) is 0 Å². The van der Waals surface area contributed by atoms with Gasteiger partial charge in [-0.3, -0.25) is 9.10 Å². The van der Waals surface area contributed by atoms with Crippen molar-refractivity contribution in [2.75, 3.05) is 17.1 Å². The van der Waals surface area contributed by atoms with Gasteiger partial charge in [-0.1, -0.05) is 24.3 Å². The minimum absolute atomic E-state index is 0.0548. The molecule has 0 aromatic heterocycles. The number of carbonyl (C=O) groups excluding carboxylic acids is 1. The number of fused-ring (bicyclic) bond motifs is 1. The minimum Gasteiger partial charge on any atom is -0.476 e. The van der Waals surface area contributed by atoms with Crippen LogP contribution in [0, 0.1) is 20.8 Å². The van der Waals surface area contributed by atoms with E-state index in [-0.39, 0.29) is 18.5 Å². The van der Waals surface area contributed by atoms with Gasteiger partial charge in [0.15, 0.2) is 6.10 Å². The van der Waals surface area contributed by atoms with Crippen LogP contribution in [0.25, 0.3) is 0 Å². The highest BCUT2D eigenvalue weighted by Crippen LogP contribution is 2.35. The number of hydrogen-bond acceptors (Lipinski definition) is 4. The lowest BCUT2D eigenvalue weighted by Gasteiger charge is -2.34. The number of nitrogens with one attached hydrogen (secondary N) is 1. The van der Waals surface area contributed by atoms with Crippen LogP contribution in [0.3, 0.4) is 0 Å². The summed E-state index contributed by atoms with van der Waals surface area (Å²) in [6.45, 7) is 7.79. The van der Waals surface area contributed by atoms with Crippen molar-refractivity contribution in [3.05, 3.63) is 58.7 Å². The van der Waals surface area contributed by atoms with Crippen LogP contribution in [0.1, 0.15) is 35.2 Å². The van der Waals surface area contributed by atoms with Crippen LogP contribution in [0.5, 0.6) is 5.75 Å². The summed E-state index contributed by atoms with van der Waals surface area (Å²) in [5, 5.41) is 2.94. The van der Waals surface area contributed by atoms with Crippen molar-refractivity contribution < 1.29 is 17.9 Å². The van der Waals surface area contributed by atoms with Crippen molar-refractivity contribution in [3.63, 3.8) is 0 Å². The van der Waals surface area contributed by atoms with Crippen molar-refractivity contribution in [2.24, 2.45) is 0 Å². The average Bonchev–Trinajstić information content (AvgIpc) is 2.62. The van der Waals surface area contributed by atoms with Crippen molar-refractivity contribution in [1.82, 2.24) is 5.32 Å². The second kappa shape index (κ2) is 7.47. The van der Waals surface area contributed by atoms with E-state index in [1.54, 1.807) is 12.1 Å². The molecular formula is C21H26N2O4S. The Hall–Kier alpha value is -2.54. The molecule has 1 aliphatic rings. The Balaban J connectivity index is 1.82. The molecule has 0 spiro atoms. The van der Waals surface area contributed by atoms with Gasteiger partial charge in [0.2, 0.25) is 10.0 Å². The molecule has 2 aromatic carbocycles. The van der Waals surface area contributed by atoms with Crippen molar-refractivity contribution in [2.45, 2.75) is 39.8 Å². The predicted molar refractivity (Wildman–Crippen MR) is 110 cm³/mol. The summed E-state index contributed by atoms with van der Waals surface area (Å²) >= 11 is 0. The number of carbonyl (C=O) groups is 1. The fourth-order valence-corrected chi connectivity index (χ4v) is 4.14. The first-order valence-corrected chi connectivity index (χ1v) is 11.0. The normalized spacial score (nSPS) is 17.5. The molecule has 0 aliphatic carbocycles. The van der Waals surface area contributed by atoms with Gasteiger partial charge in [0.1, 0.15) is 5.75 Å². The van der Waals surface area contributed by atoms with E-state index in [1.807, 2.05) is 52.0 Å². The third kappa shape index (κ3) is 4.14. The van der Waals surface area contributed by atoms with Gasteiger partial charge < -0.3 is 10.1 Å². The van der Waals surface area contributed by atoms with E-state index in [9.17, 15) is 13.2 Å². The van der Waals surface area contributed by atoms with Gasteiger partial charge in [0.25, 0.3) is 5.91 Å². The van der Waals surface area contributed by atoms with E-state index in [2.05, 4.69) is 5.32 Å². The highest BCUT2D eigenvalue weighted by atomic mass is 32.2. The summed E-state index contributed by atoms with van der Waals surface area (Å²) in [4.78, 5) is 12.8. The number of aryl methyl sites for hydroxylation is 3. The number of anilines is 1. The molecule has 0 radical (unpaired) electrons. The Labute approximate surface area is 166 Å². The molecule has 1 heterocycles. The maximum absolute atomic E-state index is 12.8. The topological polar surface area (TPSA) is 75.7 Å². The van der Waals surface area contributed by atoms with Crippen molar-refractivity contribution in [3.8, 4) is 5.75 Å². The van der Waals surface area contributed by atoms with Crippen LogP contribution in [-0.2, 0) is 14.8 Å². The largest absolute Gasteiger partial charge is 0.476 e. The predicted octanol–water partition coefficient (Wildman–Crippen LogP) is 3.02. The molecule has 0 fully saturated rings. The smallest absolute Gasteiger partial charge is 0.263 e. The Morgan fingerprint density at radius 3 is 2.50 bits per heavy atom. The van der Waals surface area contributed by atoms with Gasteiger partial charge in [0, 0.05) is 0 Å². The van der Waals surface area contributed by atoms with Crippen LogP contribution in [0.15, 0.2) is 36.4 Å². The molecule has 0 saturated carbocycles.